The molecule has 0 unspecified atom stereocenters. The van der Waals surface area contributed by atoms with E-state index in [9.17, 15) is 5.11 Å². The number of phenolic OH excluding ortho intramolecular Hbond substituents is 1. The highest BCUT2D eigenvalue weighted by Gasteiger charge is 2.07. The Morgan fingerprint density at radius 2 is 2.00 bits per heavy atom. The van der Waals surface area contributed by atoms with Gasteiger partial charge in [-0.1, -0.05) is 12.1 Å². The molecule has 1 heterocycles. The van der Waals surface area contributed by atoms with E-state index < -0.39 is 0 Å². The summed E-state index contributed by atoms with van der Waals surface area (Å²) < 4.78 is 0. The third kappa shape index (κ3) is 1.84. The van der Waals surface area contributed by atoms with Crippen molar-refractivity contribution >= 4 is 0 Å². The van der Waals surface area contributed by atoms with Gasteiger partial charge in [0, 0.05) is 23.5 Å². The first-order valence-electron chi connectivity index (χ1n) is 4.89. The Hall–Kier alpha value is -1.83. The quantitative estimate of drug-likeness (QED) is 0.765. The van der Waals surface area contributed by atoms with E-state index in [2.05, 4.69) is 4.98 Å². The Labute approximate surface area is 89.2 Å². The molecule has 0 saturated heterocycles. The van der Waals surface area contributed by atoms with Gasteiger partial charge in [0.05, 0.1) is 0 Å². The van der Waals surface area contributed by atoms with Crippen LogP contribution in [0.2, 0.25) is 0 Å². The molecule has 2 aromatic rings. The normalized spacial score (nSPS) is 10.3. The van der Waals surface area contributed by atoms with Crippen LogP contribution in [0.4, 0.5) is 0 Å². The van der Waals surface area contributed by atoms with Crippen LogP contribution in [0.5, 0.6) is 5.75 Å². The lowest BCUT2D eigenvalue weighted by Crippen LogP contribution is -1.85. The molecule has 0 spiro atoms. The minimum absolute atomic E-state index is 0.341. The van der Waals surface area contributed by atoms with Gasteiger partial charge in [0.25, 0.3) is 0 Å². The molecule has 76 valence electrons. The van der Waals surface area contributed by atoms with Crippen LogP contribution in [0, 0.1) is 13.8 Å². The van der Waals surface area contributed by atoms with Crippen LogP contribution in [-0.2, 0) is 0 Å². The highest BCUT2D eigenvalue weighted by molar-refractivity contribution is 5.71. The largest absolute Gasteiger partial charge is 0.507 e. The highest BCUT2D eigenvalue weighted by Crippen LogP contribution is 2.32. The Balaban J connectivity index is 2.63. The fraction of sp³-hybridized carbons (Fsp3) is 0.154. The molecule has 2 heteroatoms. The summed E-state index contributed by atoms with van der Waals surface area (Å²) in [6, 6.07) is 7.75. The molecule has 1 aromatic carbocycles. The van der Waals surface area contributed by atoms with Gasteiger partial charge in [0.2, 0.25) is 0 Å². The fourth-order valence-electron chi connectivity index (χ4n) is 1.70. The smallest absolute Gasteiger partial charge is 0.126 e. The standard InChI is InChI=1S/C13H13NO/c1-9-6-10(2)13(15)12(7-9)11-4-3-5-14-8-11/h3-8,15H,1-2H3. The Morgan fingerprint density at radius 1 is 1.20 bits per heavy atom. The van der Waals surface area contributed by atoms with Crippen LogP contribution in [-0.4, -0.2) is 10.1 Å². The van der Waals surface area contributed by atoms with E-state index in [1.54, 1.807) is 12.4 Å². The summed E-state index contributed by atoms with van der Waals surface area (Å²) in [5.41, 5.74) is 3.83. The summed E-state index contributed by atoms with van der Waals surface area (Å²) in [6.45, 7) is 3.93. The van der Waals surface area contributed by atoms with Crippen molar-refractivity contribution in [3.63, 3.8) is 0 Å². The Kier molecular flexibility index (Phi) is 2.42. The van der Waals surface area contributed by atoms with E-state index in [0.717, 1.165) is 22.3 Å². The predicted molar refractivity (Wildman–Crippen MR) is 60.8 cm³/mol. The van der Waals surface area contributed by atoms with E-state index >= 15 is 0 Å². The van der Waals surface area contributed by atoms with E-state index in [0.29, 0.717) is 5.75 Å². The molecule has 0 aliphatic rings. The van der Waals surface area contributed by atoms with Crippen molar-refractivity contribution in [2.24, 2.45) is 0 Å². The van der Waals surface area contributed by atoms with Crippen molar-refractivity contribution in [1.82, 2.24) is 4.98 Å². The SMILES string of the molecule is Cc1cc(C)c(O)c(-c2cccnc2)c1. The van der Waals surface area contributed by atoms with Gasteiger partial charge in [-0.3, -0.25) is 4.98 Å². The zero-order chi connectivity index (χ0) is 10.8. The lowest BCUT2D eigenvalue weighted by atomic mass is 10.0. The number of aromatic hydroxyl groups is 1. The zero-order valence-electron chi connectivity index (χ0n) is 8.86. The highest BCUT2D eigenvalue weighted by atomic mass is 16.3. The van der Waals surface area contributed by atoms with Gasteiger partial charge in [-0.2, -0.15) is 0 Å². The number of rotatable bonds is 1. The lowest BCUT2D eigenvalue weighted by Gasteiger charge is -2.08. The molecule has 2 nitrogen and oxygen atoms in total. The molecule has 1 N–H and O–H groups in total. The van der Waals surface area contributed by atoms with Crippen LogP contribution in [0.3, 0.4) is 0 Å². The molecule has 0 fully saturated rings. The number of phenols is 1. The van der Waals surface area contributed by atoms with Gasteiger partial charge < -0.3 is 5.11 Å². The average molecular weight is 199 g/mol. The predicted octanol–water partition coefficient (Wildman–Crippen LogP) is 3.07. The minimum atomic E-state index is 0.341. The molecule has 1 aromatic heterocycles. The van der Waals surface area contributed by atoms with Crippen molar-refractivity contribution in [2.45, 2.75) is 13.8 Å². The summed E-state index contributed by atoms with van der Waals surface area (Å²) in [6.07, 6.45) is 3.48. The van der Waals surface area contributed by atoms with Crippen molar-refractivity contribution in [3.05, 3.63) is 47.8 Å². The average Bonchev–Trinajstić information content (AvgIpc) is 2.24. The van der Waals surface area contributed by atoms with Crippen molar-refractivity contribution < 1.29 is 5.11 Å². The number of benzene rings is 1. The second-order valence-corrected chi connectivity index (χ2v) is 3.72. The topological polar surface area (TPSA) is 33.1 Å². The first-order chi connectivity index (χ1) is 7.18. The molecule has 2 rings (SSSR count). The zero-order valence-corrected chi connectivity index (χ0v) is 8.86. The molecule has 0 saturated carbocycles. The van der Waals surface area contributed by atoms with Crippen LogP contribution >= 0.6 is 0 Å². The molecule has 0 atom stereocenters. The minimum Gasteiger partial charge on any atom is -0.507 e. The van der Waals surface area contributed by atoms with Gasteiger partial charge >= 0.3 is 0 Å². The summed E-state index contributed by atoms with van der Waals surface area (Å²) in [5.74, 6) is 0.341. The third-order valence-electron chi connectivity index (χ3n) is 2.42. The van der Waals surface area contributed by atoms with E-state index in [-0.39, 0.29) is 0 Å². The molecule has 0 amide bonds. The molecular weight excluding hydrogens is 186 g/mol. The Morgan fingerprint density at radius 3 is 2.67 bits per heavy atom. The van der Waals surface area contributed by atoms with E-state index in [1.807, 2.05) is 38.1 Å². The van der Waals surface area contributed by atoms with Crippen LogP contribution in [0.1, 0.15) is 11.1 Å². The summed E-state index contributed by atoms with van der Waals surface area (Å²) in [7, 11) is 0. The maximum Gasteiger partial charge on any atom is 0.126 e. The number of nitrogens with zero attached hydrogens (tertiary/aromatic N) is 1. The second-order valence-electron chi connectivity index (χ2n) is 3.72. The number of pyridine rings is 1. The number of hydrogen-bond acceptors (Lipinski definition) is 2. The van der Waals surface area contributed by atoms with E-state index in [1.165, 1.54) is 0 Å². The van der Waals surface area contributed by atoms with Crippen molar-refractivity contribution in [3.8, 4) is 16.9 Å². The maximum atomic E-state index is 9.95. The molecule has 0 aliphatic carbocycles. The number of aryl methyl sites for hydroxylation is 2. The molecule has 0 radical (unpaired) electrons. The Bertz CT molecular complexity index is 477. The first kappa shape index (κ1) is 9.71. The molecule has 0 bridgehead atoms. The van der Waals surface area contributed by atoms with Crippen LogP contribution in [0.15, 0.2) is 36.7 Å². The van der Waals surface area contributed by atoms with Gasteiger partial charge in [-0.15, -0.1) is 0 Å². The van der Waals surface area contributed by atoms with Gasteiger partial charge in [-0.25, -0.2) is 0 Å². The van der Waals surface area contributed by atoms with Gasteiger partial charge in [-0.05, 0) is 37.1 Å². The van der Waals surface area contributed by atoms with Gasteiger partial charge in [0.15, 0.2) is 0 Å². The van der Waals surface area contributed by atoms with E-state index in [4.69, 9.17) is 0 Å². The van der Waals surface area contributed by atoms with Crippen LogP contribution in [0.25, 0.3) is 11.1 Å². The fourth-order valence-corrected chi connectivity index (χ4v) is 1.70. The number of aromatic nitrogens is 1. The summed E-state index contributed by atoms with van der Waals surface area (Å²) in [4.78, 5) is 4.05. The molecular formula is C13H13NO. The monoisotopic (exact) mass is 199 g/mol. The summed E-state index contributed by atoms with van der Waals surface area (Å²) >= 11 is 0. The van der Waals surface area contributed by atoms with Crippen molar-refractivity contribution in [1.29, 1.82) is 0 Å². The maximum absolute atomic E-state index is 9.95. The summed E-state index contributed by atoms with van der Waals surface area (Å²) in [5, 5.41) is 9.95. The third-order valence-corrected chi connectivity index (χ3v) is 2.42. The molecule has 0 aliphatic heterocycles. The second kappa shape index (κ2) is 3.73. The van der Waals surface area contributed by atoms with Gasteiger partial charge in [0.1, 0.15) is 5.75 Å². The van der Waals surface area contributed by atoms with Crippen molar-refractivity contribution in [2.75, 3.05) is 0 Å². The first-order valence-corrected chi connectivity index (χ1v) is 4.89. The molecule has 15 heavy (non-hydrogen) atoms. The number of hydrogen-bond donors (Lipinski definition) is 1. The van der Waals surface area contributed by atoms with Crippen LogP contribution < -0.4 is 0 Å². The lowest BCUT2D eigenvalue weighted by molar-refractivity contribution is 0.473.